The summed E-state index contributed by atoms with van der Waals surface area (Å²) in [6, 6.07) is 0.364. The van der Waals surface area contributed by atoms with Crippen molar-refractivity contribution in [3.8, 4) is 0 Å². The number of hydrogen-bond acceptors (Lipinski definition) is 2. The molecule has 2 unspecified atom stereocenters. The van der Waals surface area contributed by atoms with Crippen molar-refractivity contribution in [1.82, 2.24) is 10.6 Å². The minimum Gasteiger partial charge on any atom is -0.355 e. The van der Waals surface area contributed by atoms with Crippen LogP contribution in [0.3, 0.4) is 0 Å². The largest absolute Gasteiger partial charge is 0.355 e. The maximum absolute atomic E-state index is 12.1. The van der Waals surface area contributed by atoms with Gasteiger partial charge in [0.2, 0.25) is 11.8 Å². The zero-order valence-electron chi connectivity index (χ0n) is 14.7. The van der Waals surface area contributed by atoms with E-state index in [2.05, 4.69) is 17.6 Å². The molecule has 23 heavy (non-hydrogen) atoms. The normalized spacial score (nSPS) is 25.3. The highest BCUT2D eigenvalue weighted by molar-refractivity contribution is 5.80. The fourth-order valence-corrected chi connectivity index (χ4v) is 4.13. The Hall–Kier alpha value is -1.06. The number of carbonyl (C=O) groups excluding carboxylic acids is 2. The fraction of sp³-hybridized carbons (Fsp3) is 0.895. The van der Waals surface area contributed by atoms with Crippen LogP contribution in [0.25, 0.3) is 0 Å². The summed E-state index contributed by atoms with van der Waals surface area (Å²) in [6.45, 7) is 2.70. The van der Waals surface area contributed by atoms with Crippen LogP contribution in [-0.2, 0) is 9.59 Å². The van der Waals surface area contributed by atoms with E-state index in [0.29, 0.717) is 24.9 Å². The first-order chi connectivity index (χ1) is 11.2. The summed E-state index contributed by atoms with van der Waals surface area (Å²) in [6.07, 6.45) is 13.4. The monoisotopic (exact) mass is 322 g/mol. The van der Waals surface area contributed by atoms with Gasteiger partial charge in [0.05, 0.1) is 0 Å². The van der Waals surface area contributed by atoms with Gasteiger partial charge < -0.3 is 10.6 Å². The molecule has 4 nitrogen and oxygen atoms in total. The highest BCUT2D eigenvalue weighted by atomic mass is 16.2. The molecule has 0 aromatic rings. The zero-order chi connectivity index (χ0) is 16.5. The van der Waals surface area contributed by atoms with Gasteiger partial charge in [-0.05, 0) is 38.0 Å². The van der Waals surface area contributed by atoms with E-state index in [4.69, 9.17) is 0 Å². The van der Waals surface area contributed by atoms with E-state index in [1.54, 1.807) is 0 Å². The van der Waals surface area contributed by atoms with E-state index in [1.807, 2.05) is 0 Å². The molecule has 2 aliphatic carbocycles. The van der Waals surface area contributed by atoms with Gasteiger partial charge in [-0.25, -0.2) is 0 Å². The molecule has 0 aliphatic heterocycles. The summed E-state index contributed by atoms with van der Waals surface area (Å²) in [5, 5.41) is 6.15. The van der Waals surface area contributed by atoms with Crippen LogP contribution in [-0.4, -0.2) is 24.4 Å². The molecule has 0 heterocycles. The van der Waals surface area contributed by atoms with Crippen LogP contribution in [0.2, 0.25) is 0 Å². The maximum Gasteiger partial charge on any atom is 0.223 e. The summed E-state index contributed by atoms with van der Waals surface area (Å²) in [7, 11) is 0. The lowest BCUT2D eigenvalue weighted by molar-refractivity contribution is -0.126. The average Bonchev–Trinajstić information content (AvgIpc) is 3.00. The first kappa shape index (κ1) is 18.3. The minimum absolute atomic E-state index is 0.0994. The minimum atomic E-state index is 0.0994. The van der Waals surface area contributed by atoms with Crippen molar-refractivity contribution in [2.75, 3.05) is 6.54 Å². The Labute approximate surface area is 141 Å². The lowest BCUT2D eigenvalue weighted by atomic mass is 9.89. The van der Waals surface area contributed by atoms with Crippen molar-refractivity contribution in [3.05, 3.63) is 0 Å². The topological polar surface area (TPSA) is 58.2 Å². The summed E-state index contributed by atoms with van der Waals surface area (Å²) in [5.74, 6) is 1.09. The second-order valence-electron chi connectivity index (χ2n) is 7.38. The third-order valence-corrected chi connectivity index (χ3v) is 5.56. The van der Waals surface area contributed by atoms with Gasteiger partial charge in [0, 0.05) is 24.9 Å². The third-order valence-electron chi connectivity index (χ3n) is 5.56. The van der Waals surface area contributed by atoms with Crippen LogP contribution in [0.5, 0.6) is 0 Å². The van der Waals surface area contributed by atoms with E-state index in [9.17, 15) is 9.59 Å². The average molecular weight is 322 g/mol. The van der Waals surface area contributed by atoms with Gasteiger partial charge in [0.25, 0.3) is 0 Å². The van der Waals surface area contributed by atoms with Crippen LogP contribution >= 0.6 is 0 Å². The molecule has 2 amide bonds. The van der Waals surface area contributed by atoms with E-state index in [0.717, 1.165) is 19.3 Å². The van der Waals surface area contributed by atoms with E-state index in [1.165, 1.54) is 51.4 Å². The van der Waals surface area contributed by atoms with Crippen molar-refractivity contribution >= 4 is 11.8 Å². The molecule has 2 aliphatic rings. The SMILES string of the molecule is CCCCC1CCCC1NC(=O)CCNC(=O)C1CCCCC1. The lowest BCUT2D eigenvalue weighted by Gasteiger charge is -2.22. The molecule has 2 N–H and O–H groups in total. The number of unbranched alkanes of at least 4 members (excludes halogenated alkanes) is 1. The van der Waals surface area contributed by atoms with Crippen molar-refractivity contribution in [2.45, 2.75) is 90.0 Å². The highest BCUT2D eigenvalue weighted by Gasteiger charge is 2.27. The Balaban J connectivity index is 1.61. The summed E-state index contributed by atoms with van der Waals surface area (Å²) in [5.41, 5.74) is 0. The molecule has 0 bridgehead atoms. The van der Waals surface area contributed by atoms with Crippen molar-refractivity contribution in [1.29, 1.82) is 0 Å². The quantitative estimate of drug-likeness (QED) is 0.718. The Morgan fingerprint density at radius 3 is 2.52 bits per heavy atom. The molecule has 2 atom stereocenters. The molecule has 0 aromatic carbocycles. The van der Waals surface area contributed by atoms with Crippen molar-refractivity contribution in [3.63, 3.8) is 0 Å². The first-order valence-electron chi connectivity index (χ1n) is 9.77. The summed E-state index contributed by atoms with van der Waals surface area (Å²) < 4.78 is 0. The van der Waals surface area contributed by atoms with Crippen LogP contribution in [0.1, 0.15) is 84.0 Å². The lowest BCUT2D eigenvalue weighted by Crippen LogP contribution is -2.40. The van der Waals surface area contributed by atoms with Crippen LogP contribution in [0, 0.1) is 11.8 Å². The number of carbonyl (C=O) groups is 2. The fourth-order valence-electron chi connectivity index (χ4n) is 4.13. The molecular weight excluding hydrogens is 288 g/mol. The third kappa shape index (κ3) is 6.15. The molecule has 2 fully saturated rings. The predicted octanol–water partition coefficient (Wildman–Crippen LogP) is 3.55. The van der Waals surface area contributed by atoms with Gasteiger partial charge in [-0.2, -0.15) is 0 Å². The molecular formula is C19H34N2O2. The number of hydrogen-bond donors (Lipinski definition) is 2. The Bertz CT molecular complexity index is 378. The Morgan fingerprint density at radius 2 is 1.78 bits per heavy atom. The van der Waals surface area contributed by atoms with Gasteiger partial charge in [-0.1, -0.05) is 45.4 Å². The van der Waals surface area contributed by atoms with Gasteiger partial charge in [0.15, 0.2) is 0 Å². The van der Waals surface area contributed by atoms with E-state index in [-0.39, 0.29) is 17.7 Å². The summed E-state index contributed by atoms with van der Waals surface area (Å²) in [4.78, 5) is 24.2. The van der Waals surface area contributed by atoms with Gasteiger partial charge in [-0.3, -0.25) is 9.59 Å². The number of rotatable bonds is 8. The molecule has 2 saturated carbocycles. The molecule has 0 aromatic heterocycles. The molecule has 0 radical (unpaired) electrons. The predicted molar refractivity (Wildman–Crippen MR) is 93.0 cm³/mol. The summed E-state index contributed by atoms with van der Waals surface area (Å²) >= 11 is 0. The first-order valence-corrected chi connectivity index (χ1v) is 9.77. The van der Waals surface area contributed by atoms with Crippen LogP contribution < -0.4 is 10.6 Å². The highest BCUT2D eigenvalue weighted by Crippen LogP contribution is 2.29. The molecule has 0 spiro atoms. The maximum atomic E-state index is 12.1. The second-order valence-corrected chi connectivity index (χ2v) is 7.38. The van der Waals surface area contributed by atoms with Gasteiger partial charge in [0.1, 0.15) is 0 Å². The van der Waals surface area contributed by atoms with Crippen molar-refractivity contribution in [2.24, 2.45) is 11.8 Å². The van der Waals surface area contributed by atoms with E-state index < -0.39 is 0 Å². The second kappa shape index (κ2) is 9.94. The Kier molecular flexibility index (Phi) is 7.90. The Morgan fingerprint density at radius 1 is 1.00 bits per heavy atom. The van der Waals surface area contributed by atoms with Gasteiger partial charge >= 0.3 is 0 Å². The van der Waals surface area contributed by atoms with Crippen molar-refractivity contribution < 1.29 is 9.59 Å². The molecule has 2 rings (SSSR count). The molecule has 132 valence electrons. The van der Waals surface area contributed by atoms with Crippen LogP contribution in [0.15, 0.2) is 0 Å². The standard InChI is InChI=1S/C19H34N2O2/c1-2-3-8-15-11-7-12-17(15)21-18(22)13-14-20-19(23)16-9-5-4-6-10-16/h15-17H,2-14H2,1H3,(H,20,23)(H,21,22). The van der Waals surface area contributed by atoms with E-state index >= 15 is 0 Å². The van der Waals surface area contributed by atoms with Crippen LogP contribution in [0.4, 0.5) is 0 Å². The number of amides is 2. The van der Waals surface area contributed by atoms with Gasteiger partial charge in [-0.15, -0.1) is 0 Å². The zero-order valence-corrected chi connectivity index (χ0v) is 14.7. The molecule has 0 saturated heterocycles. The molecule has 4 heteroatoms. The smallest absolute Gasteiger partial charge is 0.223 e. The number of nitrogens with one attached hydrogen (secondary N) is 2.